The van der Waals surface area contributed by atoms with Crippen molar-refractivity contribution in [2.75, 3.05) is 6.61 Å². The highest BCUT2D eigenvalue weighted by atomic mass is 16.5. The normalized spacial score (nSPS) is 37.5. The van der Waals surface area contributed by atoms with Crippen molar-refractivity contribution in [3.63, 3.8) is 0 Å². The minimum absolute atomic E-state index is 0.302. The van der Waals surface area contributed by atoms with E-state index >= 15 is 0 Å². The first-order valence-electron chi connectivity index (χ1n) is 8.62. The van der Waals surface area contributed by atoms with Gasteiger partial charge in [0.15, 0.2) is 0 Å². The van der Waals surface area contributed by atoms with Gasteiger partial charge in [0, 0.05) is 24.1 Å². The summed E-state index contributed by atoms with van der Waals surface area (Å²) in [5.74, 6) is 0.908. The summed E-state index contributed by atoms with van der Waals surface area (Å²) in [5, 5.41) is 3.93. The van der Waals surface area contributed by atoms with Crippen molar-refractivity contribution in [1.82, 2.24) is 5.32 Å². The van der Waals surface area contributed by atoms with E-state index in [1.54, 1.807) is 0 Å². The number of rotatable bonds is 4. The van der Waals surface area contributed by atoms with E-state index < -0.39 is 0 Å². The molecule has 0 aromatic heterocycles. The predicted octanol–water partition coefficient (Wildman–Crippen LogP) is 4.38. The third-order valence-electron chi connectivity index (χ3n) is 5.93. The van der Waals surface area contributed by atoms with Crippen LogP contribution in [0.15, 0.2) is 0 Å². The Balaban J connectivity index is 1.77. The fourth-order valence-electron chi connectivity index (χ4n) is 4.06. The SMILES string of the molecule is CCOC1CC(NC2CCC(C(C)(C)C)CC2)C1(C)C. The van der Waals surface area contributed by atoms with E-state index in [2.05, 4.69) is 46.9 Å². The highest BCUT2D eigenvalue weighted by Crippen LogP contribution is 2.44. The fraction of sp³-hybridized carbons (Fsp3) is 1.00. The lowest BCUT2D eigenvalue weighted by atomic mass is 9.63. The van der Waals surface area contributed by atoms with Gasteiger partial charge in [-0.25, -0.2) is 0 Å². The maximum Gasteiger partial charge on any atom is 0.0655 e. The van der Waals surface area contributed by atoms with E-state index in [1.807, 2.05) is 0 Å². The summed E-state index contributed by atoms with van der Waals surface area (Å²) in [4.78, 5) is 0. The van der Waals surface area contributed by atoms with Gasteiger partial charge in [-0.15, -0.1) is 0 Å². The van der Waals surface area contributed by atoms with E-state index in [4.69, 9.17) is 4.74 Å². The monoisotopic (exact) mass is 281 g/mol. The lowest BCUT2D eigenvalue weighted by Gasteiger charge is -2.53. The van der Waals surface area contributed by atoms with Crippen LogP contribution in [0.3, 0.4) is 0 Å². The molecule has 0 aromatic carbocycles. The summed E-state index contributed by atoms with van der Waals surface area (Å²) < 4.78 is 5.83. The molecule has 0 bridgehead atoms. The Hall–Kier alpha value is -0.0800. The maximum atomic E-state index is 5.83. The van der Waals surface area contributed by atoms with Crippen LogP contribution in [0.1, 0.15) is 73.6 Å². The topological polar surface area (TPSA) is 21.3 Å². The molecule has 2 rings (SSSR count). The molecule has 118 valence electrons. The second kappa shape index (κ2) is 5.96. The molecule has 2 atom stereocenters. The van der Waals surface area contributed by atoms with Crippen molar-refractivity contribution in [3.8, 4) is 0 Å². The molecule has 0 amide bonds. The van der Waals surface area contributed by atoms with E-state index in [9.17, 15) is 0 Å². The molecule has 2 heteroatoms. The van der Waals surface area contributed by atoms with Crippen LogP contribution in [0.25, 0.3) is 0 Å². The molecule has 0 radical (unpaired) electrons. The molecule has 0 aliphatic heterocycles. The van der Waals surface area contributed by atoms with E-state index in [0.29, 0.717) is 23.0 Å². The Labute approximate surface area is 126 Å². The average molecular weight is 281 g/mol. The van der Waals surface area contributed by atoms with Gasteiger partial charge in [-0.1, -0.05) is 34.6 Å². The lowest BCUT2D eigenvalue weighted by molar-refractivity contribution is -0.117. The highest BCUT2D eigenvalue weighted by Gasteiger charge is 2.49. The van der Waals surface area contributed by atoms with Gasteiger partial charge in [0.2, 0.25) is 0 Å². The van der Waals surface area contributed by atoms with Gasteiger partial charge in [-0.05, 0) is 50.4 Å². The van der Waals surface area contributed by atoms with Crippen molar-refractivity contribution in [1.29, 1.82) is 0 Å². The second-order valence-corrected chi connectivity index (χ2v) is 8.63. The number of hydrogen-bond donors (Lipinski definition) is 1. The Bertz CT molecular complexity index is 310. The number of hydrogen-bond acceptors (Lipinski definition) is 2. The van der Waals surface area contributed by atoms with Crippen LogP contribution >= 0.6 is 0 Å². The third kappa shape index (κ3) is 3.39. The molecule has 1 N–H and O–H groups in total. The van der Waals surface area contributed by atoms with Crippen LogP contribution in [0.2, 0.25) is 0 Å². The molecule has 20 heavy (non-hydrogen) atoms. The molecule has 2 saturated carbocycles. The summed E-state index contributed by atoms with van der Waals surface area (Å²) in [6.07, 6.45) is 7.14. The van der Waals surface area contributed by atoms with Crippen LogP contribution in [-0.2, 0) is 4.74 Å². The predicted molar refractivity (Wildman–Crippen MR) is 85.9 cm³/mol. The van der Waals surface area contributed by atoms with E-state index in [1.165, 1.54) is 32.1 Å². The number of ether oxygens (including phenoxy) is 1. The highest BCUT2D eigenvalue weighted by molar-refractivity contribution is 5.04. The Morgan fingerprint density at radius 2 is 1.70 bits per heavy atom. The lowest BCUT2D eigenvalue weighted by Crippen LogP contribution is -2.63. The van der Waals surface area contributed by atoms with Crippen LogP contribution in [0.5, 0.6) is 0 Å². The zero-order valence-corrected chi connectivity index (χ0v) is 14.5. The fourth-order valence-corrected chi connectivity index (χ4v) is 4.06. The zero-order chi connectivity index (χ0) is 15.0. The van der Waals surface area contributed by atoms with Crippen LogP contribution < -0.4 is 5.32 Å². The quantitative estimate of drug-likeness (QED) is 0.825. The zero-order valence-electron chi connectivity index (χ0n) is 14.5. The van der Waals surface area contributed by atoms with Gasteiger partial charge >= 0.3 is 0 Å². The summed E-state index contributed by atoms with van der Waals surface area (Å²) in [6.45, 7) is 14.8. The molecular weight excluding hydrogens is 246 g/mol. The first kappa shape index (κ1) is 16.3. The summed E-state index contributed by atoms with van der Waals surface area (Å²) in [5.41, 5.74) is 0.789. The van der Waals surface area contributed by atoms with Gasteiger partial charge in [0.1, 0.15) is 0 Å². The van der Waals surface area contributed by atoms with Gasteiger partial charge in [0.25, 0.3) is 0 Å². The molecule has 0 saturated heterocycles. The third-order valence-corrected chi connectivity index (χ3v) is 5.93. The average Bonchev–Trinajstić information content (AvgIpc) is 2.37. The van der Waals surface area contributed by atoms with Crippen molar-refractivity contribution < 1.29 is 4.74 Å². The molecule has 2 fully saturated rings. The summed E-state index contributed by atoms with van der Waals surface area (Å²) in [6, 6.07) is 1.38. The first-order valence-corrected chi connectivity index (χ1v) is 8.62. The molecule has 0 heterocycles. The minimum atomic E-state index is 0.302. The van der Waals surface area contributed by atoms with Crippen molar-refractivity contribution in [2.45, 2.75) is 91.8 Å². The van der Waals surface area contributed by atoms with E-state index in [-0.39, 0.29) is 0 Å². The molecule has 0 spiro atoms. The van der Waals surface area contributed by atoms with Crippen LogP contribution in [0, 0.1) is 16.7 Å². The van der Waals surface area contributed by atoms with Crippen molar-refractivity contribution in [2.24, 2.45) is 16.7 Å². The molecule has 2 unspecified atom stereocenters. The maximum absolute atomic E-state index is 5.83. The Morgan fingerprint density at radius 1 is 1.10 bits per heavy atom. The molecular formula is C18H35NO. The van der Waals surface area contributed by atoms with Crippen molar-refractivity contribution in [3.05, 3.63) is 0 Å². The molecule has 0 aromatic rings. The van der Waals surface area contributed by atoms with Crippen LogP contribution in [-0.4, -0.2) is 24.8 Å². The van der Waals surface area contributed by atoms with Gasteiger partial charge in [-0.3, -0.25) is 0 Å². The molecule has 2 aliphatic carbocycles. The molecule has 2 nitrogen and oxygen atoms in total. The van der Waals surface area contributed by atoms with Gasteiger partial charge in [-0.2, -0.15) is 0 Å². The smallest absolute Gasteiger partial charge is 0.0655 e. The molecule has 2 aliphatic rings. The summed E-state index contributed by atoms with van der Waals surface area (Å²) in [7, 11) is 0. The van der Waals surface area contributed by atoms with E-state index in [0.717, 1.165) is 18.6 Å². The van der Waals surface area contributed by atoms with Gasteiger partial charge < -0.3 is 10.1 Å². The largest absolute Gasteiger partial charge is 0.378 e. The summed E-state index contributed by atoms with van der Waals surface area (Å²) >= 11 is 0. The minimum Gasteiger partial charge on any atom is -0.378 e. The second-order valence-electron chi connectivity index (χ2n) is 8.63. The first-order chi connectivity index (χ1) is 9.25. The van der Waals surface area contributed by atoms with Crippen molar-refractivity contribution >= 4 is 0 Å². The van der Waals surface area contributed by atoms with Crippen LogP contribution in [0.4, 0.5) is 0 Å². The standard InChI is InChI=1S/C18H35NO/c1-7-20-16-12-15(18(16,5)6)19-14-10-8-13(9-11-14)17(2,3)4/h13-16,19H,7-12H2,1-6H3. The Morgan fingerprint density at radius 3 is 2.15 bits per heavy atom. The Kier molecular flexibility index (Phi) is 4.86. The number of nitrogens with one attached hydrogen (secondary N) is 1. The van der Waals surface area contributed by atoms with Gasteiger partial charge in [0.05, 0.1) is 6.10 Å².